The van der Waals surface area contributed by atoms with Crippen molar-refractivity contribution in [2.45, 2.75) is 83.9 Å². The summed E-state index contributed by atoms with van der Waals surface area (Å²) in [5, 5.41) is 11.2. The summed E-state index contributed by atoms with van der Waals surface area (Å²) in [6.07, 6.45) is 2.25. The summed E-state index contributed by atoms with van der Waals surface area (Å²) in [4.78, 5) is 12.7. The molecule has 4 nitrogen and oxygen atoms in total. The summed E-state index contributed by atoms with van der Waals surface area (Å²) in [6.45, 7) is 6.40. The third-order valence-electron chi connectivity index (χ3n) is 6.35. The normalized spacial score (nSPS) is 22.1. The molecule has 1 aromatic rings. The van der Waals surface area contributed by atoms with Gasteiger partial charge >= 0.3 is 12.1 Å². The number of unbranched alkanes of at least 4 members (excludes halogenated alkanes) is 2. The Hall–Kier alpha value is -2.18. The second-order valence-electron chi connectivity index (χ2n) is 9.21. The molecule has 0 spiro atoms. The molecule has 2 unspecified atom stereocenters. The average Bonchev–Trinajstić information content (AvgIpc) is 2.65. The molecule has 1 aliphatic carbocycles. The number of hydrogen-bond acceptors (Lipinski definition) is 4. The highest BCUT2D eigenvalue weighted by Crippen LogP contribution is 2.54. The van der Waals surface area contributed by atoms with Gasteiger partial charge in [0.15, 0.2) is 6.61 Å². The Balaban J connectivity index is 2.10. The molecule has 1 aromatic carbocycles. The number of rotatable bonds is 6. The lowest BCUT2D eigenvalue weighted by Gasteiger charge is -2.46. The number of carbonyl (C=O) groups excluding carboxylic acids is 1. The topological polar surface area (TPSA) is 55.8 Å². The predicted molar refractivity (Wildman–Crippen MR) is 112 cm³/mol. The highest BCUT2D eigenvalue weighted by molar-refractivity contribution is 5.95. The van der Waals surface area contributed by atoms with Crippen LogP contribution in [0.25, 0.3) is 0 Å². The van der Waals surface area contributed by atoms with E-state index in [4.69, 9.17) is 4.74 Å². The standard InChI is InChI=1S/C24H31F3O4/c1-5-6-7-8-15-12-18-20(21(28)19(15)22(29)30-13-24(25,26)27)16-11-14(2)9-10-17(16)23(3,4)31-18/h11-12,16-17,28H,5-10,13H2,1-4H3. The van der Waals surface area contributed by atoms with E-state index < -0.39 is 24.4 Å². The number of benzene rings is 1. The van der Waals surface area contributed by atoms with E-state index >= 15 is 0 Å². The van der Waals surface area contributed by atoms with Gasteiger partial charge in [-0.1, -0.05) is 31.4 Å². The van der Waals surface area contributed by atoms with Crippen molar-refractivity contribution in [2.75, 3.05) is 6.61 Å². The van der Waals surface area contributed by atoms with E-state index in [0.29, 0.717) is 23.3 Å². The number of hydrogen-bond donors (Lipinski definition) is 1. The molecule has 0 aromatic heterocycles. The maximum absolute atomic E-state index is 12.7. The Kier molecular flexibility index (Phi) is 6.63. The summed E-state index contributed by atoms with van der Waals surface area (Å²) in [5.41, 5.74) is 1.47. The van der Waals surface area contributed by atoms with Crippen LogP contribution in [0.5, 0.6) is 11.5 Å². The molecular weight excluding hydrogens is 409 g/mol. The number of fused-ring (bicyclic) bond motifs is 3. The smallest absolute Gasteiger partial charge is 0.422 e. The molecular formula is C24H31F3O4. The lowest BCUT2D eigenvalue weighted by atomic mass is 9.67. The first kappa shape index (κ1) is 23.5. The van der Waals surface area contributed by atoms with Crippen molar-refractivity contribution >= 4 is 5.97 Å². The van der Waals surface area contributed by atoms with Crippen LogP contribution in [0.3, 0.4) is 0 Å². The van der Waals surface area contributed by atoms with Crippen molar-refractivity contribution in [3.63, 3.8) is 0 Å². The third kappa shape index (κ3) is 5.01. The Morgan fingerprint density at radius 2 is 2.03 bits per heavy atom. The SMILES string of the molecule is CCCCCc1cc2c(c(O)c1C(=O)OCC(F)(F)F)C1C=C(C)CCC1C(C)(C)O2. The van der Waals surface area contributed by atoms with Crippen LogP contribution >= 0.6 is 0 Å². The van der Waals surface area contributed by atoms with Crippen LogP contribution in [0, 0.1) is 5.92 Å². The molecule has 3 rings (SSSR count). The monoisotopic (exact) mass is 440 g/mol. The first-order valence-electron chi connectivity index (χ1n) is 10.9. The molecule has 0 saturated heterocycles. The van der Waals surface area contributed by atoms with Crippen molar-refractivity contribution in [1.29, 1.82) is 0 Å². The number of carbonyl (C=O) groups is 1. The molecule has 0 bridgehead atoms. The first-order chi connectivity index (χ1) is 14.4. The van der Waals surface area contributed by atoms with Crippen molar-refractivity contribution in [1.82, 2.24) is 0 Å². The Morgan fingerprint density at radius 1 is 1.32 bits per heavy atom. The van der Waals surface area contributed by atoms with Gasteiger partial charge in [0.25, 0.3) is 0 Å². The number of aromatic hydroxyl groups is 1. The van der Waals surface area contributed by atoms with Crippen molar-refractivity contribution in [3.8, 4) is 11.5 Å². The van der Waals surface area contributed by atoms with Gasteiger partial charge in [0.1, 0.15) is 22.7 Å². The molecule has 1 N–H and O–H groups in total. The highest BCUT2D eigenvalue weighted by atomic mass is 19.4. The van der Waals surface area contributed by atoms with Crippen molar-refractivity contribution < 1.29 is 32.5 Å². The highest BCUT2D eigenvalue weighted by Gasteiger charge is 2.46. The van der Waals surface area contributed by atoms with Crippen molar-refractivity contribution in [3.05, 3.63) is 34.4 Å². The number of phenols is 1. The molecule has 0 saturated carbocycles. The molecule has 2 atom stereocenters. The van der Waals surface area contributed by atoms with E-state index in [2.05, 4.69) is 10.8 Å². The molecule has 0 radical (unpaired) electrons. The van der Waals surface area contributed by atoms with Gasteiger partial charge in [-0.25, -0.2) is 4.79 Å². The van der Waals surface area contributed by atoms with E-state index in [1.54, 1.807) is 6.07 Å². The first-order valence-corrected chi connectivity index (χ1v) is 10.9. The largest absolute Gasteiger partial charge is 0.507 e. The van der Waals surface area contributed by atoms with Gasteiger partial charge in [-0.3, -0.25) is 0 Å². The fraction of sp³-hybridized carbons (Fsp3) is 0.625. The second kappa shape index (κ2) is 8.75. The maximum atomic E-state index is 12.7. The molecule has 172 valence electrons. The van der Waals surface area contributed by atoms with Crippen molar-refractivity contribution in [2.24, 2.45) is 5.92 Å². The predicted octanol–water partition coefficient (Wildman–Crippen LogP) is 6.45. The van der Waals surface area contributed by atoms with E-state index in [1.165, 1.54) is 5.57 Å². The van der Waals surface area contributed by atoms with Gasteiger partial charge in [-0.15, -0.1) is 0 Å². The third-order valence-corrected chi connectivity index (χ3v) is 6.35. The van der Waals surface area contributed by atoms with Crippen LogP contribution in [0.4, 0.5) is 13.2 Å². The fourth-order valence-electron chi connectivity index (χ4n) is 4.82. The summed E-state index contributed by atoms with van der Waals surface area (Å²) in [5.74, 6) is -1.06. The van der Waals surface area contributed by atoms with Gasteiger partial charge in [-0.2, -0.15) is 13.2 Å². The minimum atomic E-state index is -4.64. The number of alkyl halides is 3. The summed E-state index contributed by atoms with van der Waals surface area (Å²) in [7, 11) is 0. The quantitative estimate of drug-likeness (QED) is 0.314. The Labute approximate surface area is 181 Å². The zero-order valence-corrected chi connectivity index (χ0v) is 18.6. The molecule has 1 heterocycles. The van der Waals surface area contributed by atoms with Crippen LogP contribution in [0.15, 0.2) is 17.7 Å². The lowest BCUT2D eigenvalue weighted by Crippen LogP contribution is -2.45. The average molecular weight is 441 g/mol. The number of phenolic OH excluding ortho intramolecular Hbond substituents is 1. The number of halogens is 3. The Bertz CT molecular complexity index is 871. The van der Waals surface area contributed by atoms with Gasteiger partial charge < -0.3 is 14.6 Å². The Morgan fingerprint density at radius 3 is 2.68 bits per heavy atom. The summed E-state index contributed by atoms with van der Waals surface area (Å²) in [6, 6.07) is 1.71. The van der Waals surface area contributed by atoms with Crippen LogP contribution in [0.1, 0.15) is 87.2 Å². The molecule has 31 heavy (non-hydrogen) atoms. The number of allylic oxidation sites excluding steroid dienone is 2. The number of aryl methyl sites for hydroxylation is 1. The lowest BCUT2D eigenvalue weighted by molar-refractivity contribution is -0.161. The van der Waals surface area contributed by atoms with Crippen LogP contribution < -0.4 is 4.74 Å². The molecule has 2 aliphatic rings. The number of ether oxygens (including phenoxy) is 2. The summed E-state index contributed by atoms with van der Waals surface area (Å²) < 4.78 is 48.7. The minimum absolute atomic E-state index is 0.0830. The minimum Gasteiger partial charge on any atom is -0.507 e. The number of esters is 1. The van der Waals surface area contributed by atoms with Crippen LogP contribution in [-0.2, 0) is 11.2 Å². The zero-order valence-electron chi connectivity index (χ0n) is 18.6. The van der Waals surface area contributed by atoms with Gasteiger partial charge in [0, 0.05) is 17.4 Å². The zero-order chi connectivity index (χ0) is 23.0. The summed E-state index contributed by atoms with van der Waals surface area (Å²) >= 11 is 0. The molecule has 0 amide bonds. The maximum Gasteiger partial charge on any atom is 0.422 e. The van der Waals surface area contributed by atoms with Gasteiger partial charge in [0.2, 0.25) is 0 Å². The van der Waals surface area contributed by atoms with E-state index in [9.17, 15) is 23.1 Å². The van der Waals surface area contributed by atoms with Crippen LogP contribution in [-0.4, -0.2) is 29.5 Å². The van der Waals surface area contributed by atoms with E-state index in [0.717, 1.165) is 32.1 Å². The second-order valence-corrected chi connectivity index (χ2v) is 9.21. The van der Waals surface area contributed by atoms with Gasteiger partial charge in [-0.05, 0) is 58.1 Å². The molecule has 1 aliphatic heterocycles. The molecule has 7 heteroatoms. The molecule has 0 fully saturated rings. The van der Waals surface area contributed by atoms with Gasteiger partial charge in [0.05, 0.1) is 0 Å². The fourth-order valence-corrected chi connectivity index (χ4v) is 4.82. The van der Waals surface area contributed by atoms with E-state index in [-0.39, 0.29) is 23.1 Å². The van der Waals surface area contributed by atoms with E-state index in [1.807, 2.05) is 27.7 Å². The van der Waals surface area contributed by atoms with Crippen LogP contribution in [0.2, 0.25) is 0 Å².